The third-order valence-corrected chi connectivity index (χ3v) is 7.39. The smallest absolute Gasteiger partial charge is 0.272 e. The van der Waals surface area contributed by atoms with Crippen LogP contribution in [0.25, 0.3) is 11.0 Å². The first-order valence-corrected chi connectivity index (χ1v) is 11.9. The zero-order valence-corrected chi connectivity index (χ0v) is 19.8. The lowest BCUT2D eigenvalue weighted by atomic mass is 9.60. The highest BCUT2D eigenvalue weighted by Crippen LogP contribution is 2.47. The van der Waals surface area contributed by atoms with Crippen LogP contribution in [-0.2, 0) is 4.79 Å². The Morgan fingerprint density at radius 1 is 1.08 bits per heavy atom. The predicted molar refractivity (Wildman–Crippen MR) is 127 cm³/mol. The van der Waals surface area contributed by atoms with Crippen LogP contribution in [0.4, 0.5) is 8.78 Å². The van der Waals surface area contributed by atoms with E-state index in [1.54, 1.807) is 0 Å². The summed E-state index contributed by atoms with van der Waals surface area (Å²) in [5.74, 6) is -1.77. The Balaban J connectivity index is 1.20. The number of hydrogen-bond acceptors (Lipinski definition) is 6. The highest BCUT2D eigenvalue weighted by atomic mass is 35.5. The first-order chi connectivity index (χ1) is 17.2. The van der Waals surface area contributed by atoms with Gasteiger partial charge in [0, 0.05) is 17.7 Å². The van der Waals surface area contributed by atoms with Crippen molar-refractivity contribution in [1.82, 2.24) is 20.6 Å². The number of ether oxygens (including phenoxy) is 1. The highest BCUT2D eigenvalue weighted by Gasteiger charge is 2.55. The number of amides is 2. The van der Waals surface area contributed by atoms with E-state index in [4.69, 9.17) is 16.3 Å². The maximum atomic E-state index is 13.6. The Kier molecular flexibility index (Phi) is 6.25. The third kappa shape index (κ3) is 4.70. The number of aromatic nitrogens is 2. The number of carbonyl (C=O) groups is 2. The van der Waals surface area contributed by atoms with Crippen molar-refractivity contribution in [2.45, 2.75) is 49.3 Å². The second-order valence-electron chi connectivity index (χ2n) is 9.41. The van der Waals surface area contributed by atoms with E-state index in [-0.39, 0.29) is 35.4 Å². The predicted octanol–water partition coefficient (Wildman–Crippen LogP) is 3.30. The number of carbonyl (C=O) groups excluding carboxylic acids is 2. The van der Waals surface area contributed by atoms with Crippen molar-refractivity contribution in [3.63, 3.8) is 0 Å². The normalized spacial score (nSPS) is 24.9. The molecule has 8 nitrogen and oxygen atoms in total. The molecule has 3 N–H and O–H groups in total. The largest absolute Gasteiger partial charge is 0.484 e. The van der Waals surface area contributed by atoms with Gasteiger partial charge in [-0.25, -0.2) is 13.8 Å². The SMILES string of the molecule is O=C(COc1ccc(Cl)c(F)c1)NC12CCC(NC(=O)c3cnc4cc(F)ccc4n3)(CC1)[C@@H](O)C2. The van der Waals surface area contributed by atoms with Crippen molar-refractivity contribution >= 4 is 34.4 Å². The number of fused-ring (bicyclic) bond motifs is 4. The summed E-state index contributed by atoms with van der Waals surface area (Å²) in [5, 5.41) is 16.8. The number of nitrogens with zero attached hydrogens (tertiary/aromatic N) is 2. The van der Waals surface area contributed by atoms with Crippen LogP contribution < -0.4 is 15.4 Å². The molecule has 6 rings (SSSR count). The molecular formula is C25H23ClF2N4O4. The average Bonchev–Trinajstić information content (AvgIpc) is 2.85. The van der Waals surface area contributed by atoms with Crippen molar-refractivity contribution in [3.05, 3.63) is 64.9 Å². The van der Waals surface area contributed by atoms with Crippen molar-refractivity contribution in [1.29, 1.82) is 0 Å². The first kappa shape index (κ1) is 24.3. The van der Waals surface area contributed by atoms with Crippen LogP contribution in [0.3, 0.4) is 0 Å². The average molecular weight is 517 g/mol. The summed E-state index contributed by atoms with van der Waals surface area (Å²) in [5.41, 5.74) is -0.669. The maximum Gasteiger partial charge on any atom is 0.272 e. The molecule has 0 radical (unpaired) electrons. The summed E-state index contributed by atoms with van der Waals surface area (Å²) in [6.07, 6.45) is 2.66. The lowest BCUT2D eigenvalue weighted by molar-refractivity contribution is -0.129. The minimum absolute atomic E-state index is 0.0392. The molecule has 3 aromatic rings. The fourth-order valence-corrected chi connectivity index (χ4v) is 5.21. The quantitative estimate of drug-likeness (QED) is 0.463. The molecule has 2 amide bonds. The van der Waals surface area contributed by atoms with Crippen molar-refractivity contribution < 1.29 is 28.2 Å². The summed E-state index contributed by atoms with van der Waals surface area (Å²) in [7, 11) is 0. The number of benzene rings is 2. The summed E-state index contributed by atoms with van der Waals surface area (Å²) in [4.78, 5) is 33.9. The molecular weight excluding hydrogens is 494 g/mol. The van der Waals surface area contributed by atoms with Crippen LogP contribution in [-0.4, -0.2) is 50.7 Å². The number of rotatable bonds is 6. The van der Waals surface area contributed by atoms with E-state index in [0.717, 1.165) is 6.07 Å². The lowest BCUT2D eigenvalue weighted by Crippen LogP contribution is -2.70. The molecule has 11 heteroatoms. The molecule has 0 saturated heterocycles. The Morgan fingerprint density at radius 3 is 2.58 bits per heavy atom. The summed E-state index contributed by atoms with van der Waals surface area (Å²) in [6.45, 7) is -0.314. The second kappa shape index (κ2) is 9.25. The van der Waals surface area contributed by atoms with Crippen molar-refractivity contribution in [2.24, 2.45) is 0 Å². The standard InChI is InChI=1S/C25H23ClF2N4O4/c26-16-3-2-15(10-17(16)28)36-13-22(34)31-24-5-7-25(8-6-24,21(33)11-24)32-23(35)20-12-29-19-9-14(27)1-4-18(19)30-20/h1-4,9-10,12,21,33H,5-8,11,13H2,(H,31,34)(H,32,35)/t21-,24?,25?/m0/s1. The second-order valence-corrected chi connectivity index (χ2v) is 9.82. The zero-order chi connectivity index (χ0) is 25.5. The van der Waals surface area contributed by atoms with E-state index in [1.807, 2.05) is 0 Å². The molecule has 0 aliphatic heterocycles. The monoisotopic (exact) mass is 516 g/mol. The molecule has 0 unspecified atom stereocenters. The van der Waals surface area contributed by atoms with E-state index in [1.165, 1.54) is 36.5 Å². The van der Waals surface area contributed by atoms with Crippen LogP contribution in [0.1, 0.15) is 42.6 Å². The topological polar surface area (TPSA) is 113 Å². The van der Waals surface area contributed by atoms with E-state index in [0.29, 0.717) is 36.7 Å². The van der Waals surface area contributed by atoms with Gasteiger partial charge in [0.2, 0.25) is 0 Å². The fourth-order valence-electron chi connectivity index (χ4n) is 5.09. The molecule has 36 heavy (non-hydrogen) atoms. The molecule has 188 valence electrons. The minimum Gasteiger partial charge on any atom is -0.484 e. The number of hydrogen-bond donors (Lipinski definition) is 3. The maximum absolute atomic E-state index is 13.6. The van der Waals surface area contributed by atoms with Crippen LogP contribution in [0, 0.1) is 11.6 Å². The van der Waals surface area contributed by atoms with E-state index in [9.17, 15) is 23.5 Å². The summed E-state index contributed by atoms with van der Waals surface area (Å²) >= 11 is 5.65. The van der Waals surface area contributed by atoms with E-state index >= 15 is 0 Å². The molecule has 3 aliphatic rings. The van der Waals surface area contributed by atoms with Gasteiger partial charge in [0.1, 0.15) is 23.1 Å². The third-order valence-electron chi connectivity index (χ3n) is 7.09. The van der Waals surface area contributed by atoms with E-state index < -0.39 is 34.7 Å². The van der Waals surface area contributed by atoms with Gasteiger partial charge in [-0.05, 0) is 56.4 Å². The number of aliphatic hydroxyl groups excluding tert-OH is 1. The molecule has 3 fully saturated rings. The van der Waals surface area contributed by atoms with Crippen LogP contribution in [0.15, 0.2) is 42.6 Å². The minimum atomic E-state index is -0.891. The number of aliphatic hydroxyl groups is 1. The Morgan fingerprint density at radius 2 is 1.86 bits per heavy atom. The molecule has 3 aliphatic carbocycles. The number of nitrogens with one attached hydrogen (secondary N) is 2. The van der Waals surface area contributed by atoms with Gasteiger partial charge in [-0.2, -0.15) is 0 Å². The lowest BCUT2D eigenvalue weighted by Gasteiger charge is -2.56. The summed E-state index contributed by atoms with van der Waals surface area (Å²) < 4.78 is 32.3. The van der Waals surface area contributed by atoms with Crippen LogP contribution >= 0.6 is 11.6 Å². The van der Waals surface area contributed by atoms with Crippen LogP contribution in [0.5, 0.6) is 5.75 Å². The highest BCUT2D eigenvalue weighted by molar-refractivity contribution is 6.30. The Labute approximate surface area is 210 Å². The number of halogens is 3. The van der Waals surface area contributed by atoms with E-state index in [2.05, 4.69) is 20.6 Å². The molecule has 2 aromatic carbocycles. The van der Waals surface area contributed by atoms with Gasteiger partial charge >= 0.3 is 0 Å². The van der Waals surface area contributed by atoms with Gasteiger partial charge in [0.25, 0.3) is 11.8 Å². The van der Waals surface area contributed by atoms with Gasteiger partial charge in [-0.15, -0.1) is 0 Å². The molecule has 1 heterocycles. The molecule has 2 bridgehead atoms. The first-order valence-electron chi connectivity index (χ1n) is 11.5. The van der Waals surface area contributed by atoms with Gasteiger partial charge in [0.15, 0.2) is 6.61 Å². The van der Waals surface area contributed by atoms with Crippen molar-refractivity contribution in [2.75, 3.05) is 6.61 Å². The van der Waals surface area contributed by atoms with Gasteiger partial charge in [-0.1, -0.05) is 11.6 Å². The van der Waals surface area contributed by atoms with Gasteiger partial charge in [0.05, 0.1) is 33.9 Å². The van der Waals surface area contributed by atoms with Crippen LogP contribution in [0.2, 0.25) is 5.02 Å². The molecule has 0 spiro atoms. The van der Waals surface area contributed by atoms with Gasteiger partial charge in [-0.3, -0.25) is 14.6 Å². The fraction of sp³-hybridized carbons (Fsp3) is 0.360. The van der Waals surface area contributed by atoms with Gasteiger partial charge < -0.3 is 20.5 Å². The molecule has 1 atom stereocenters. The van der Waals surface area contributed by atoms with Crippen molar-refractivity contribution in [3.8, 4) is 5.75 Å². The molecule has 1 aromatic heterocycles. The molecule has 3 saturated carbocycles. The zero-order valence-electron chi connectivity index (χ0n) is 19.1. The summed E-state index contributed by atoms with van der Waals surface area (Å²) in [6, 6.07) is 7.86. The Hall–Kier alpha value is -3.37. The Bertz CT molecular complexity index is 1350.